The number of hydrogen-bond donors (Lipinski definition) is 1. The second-order valence-corrected chi connectivity index (χ2v) is 9.26. The number of alkyl halides is 3. The Labute approximate surface area is 195 Å². The topological polar surface area (TPSA) is 82.6 Å². The van der Waals surface area contributed by atoms with Crippen LogP contribution in [-0.2, 0) is 16.0 Å². The Morgan fingerprint density at radius 1 is 1.12 bits per heavy atom. The van der Waals surface area contributed by atoms with Crippen LogP contribution in [0.3, 0.4) is 0 Å². The lowest BCUT2D eigenvalue weighted by atomic mass is 9.93. The summed E-state index contributed by atoms with van der Waals surface area (Å²) in [4.78, 5) is 12.7. The van der Waals surface area contributed by atoms with E-state index in [9.17, 15) is 13.2 Å². The smallest absolute Gasteiger partial charge is 0.430 e. The van der Waals surface area contributed by atoms with E-state index >= 15 is 0 Å². The molecule has 11 heteroatoms. The number of benzene rings is 1. The van der Waals surface area contributed by atoms with Gasteiger partial charge in [-0.25, -0.2) is 4.98 Å². The summed E-state index contributed by atoms with van der Waals surface area (Å²) in [5, 5.41) is -0.0932. The summed E-state index contributed by atoms with van der Waals surface area (Å²) < 4.78 is 46.7. The van der Waals surface area contributed by atoms with Crippen molar-refractivity contribution in [3.63, 3.8) is 0 Å². The molecule has 1 aromatic carbocycles. The van der Waals surface area contributed by atoms with Crippen LogP contribution in [0.2, 0.25) is 0 Å². The standard InChI is InChI=1S/C21H25F3N4O2S2/c1-12-9-16(13(2)8-14(12)6-7-29-32-21(22,23)24)30-19(31)28-18(25)15-10-27-17(11-26-15)20(3,4)5/h8-11H,6-7H2,1-5H3,(H2,25,28,31). The summed E-state index contributed by atoms with van der Waals surface area (Å²) in [5.41, 5.74) is 5.05. The highest BCUT2D eigenvalue weighted by Gasteiger charge is 2.29. The number of rotatable bonds is 6. The van der Waals surface area contributed by atoms with Crippen LogP contribution in [0.25, 0.3) is 0 Å². The van der Waals surface area contributed by atoms with Gasteiger partial charge in [-0.1, -0.05) is 26.8 Å². The highest BCUT2D eigenvalue weighted by molar-refractivity contribution is 7.95. The van der Waals surface area contributed by atoms with Crippen LogP contribution in [0, 0.1) is 13.8 Å². The maximum absolute atomic E-state index is 12.1. The van der Waals surface area contributed by atoms with Crippen LogP contribution in [0.5, 0.6) is 5.75 Å². The van der Waals surface area contributed by atoms with Crippen molar-refractivity contribution in [1.82, 2.24) is 9.97 Å². The molecule has 32 heavy (non-hydrogen) atoms. The van der Waals surface area contributed by atoms with E-state index in [1.54, 1.807) is 19.2 Å². The molecule has 0 radical (unpaired) electrons. The van der Waals surface area contributed by atoms with Crippen LogP contribution in [0.4, 0.5) is 13.2 Å². The van der Waals surface area contributed by atoms with E-state index in [2.05, 4.69) is 19.1 Å². The SMILES string of the molecule is Cc1cc(OC(=S)N=C(N)c2cnc(C(C)(C)C)cn2)c(C)cc1CCOSC(F)(F)F. The van der Waals surface area contributed by atoms with E-state index in [-0.39, 0.29) is 23.0 Å². The lowest BCUT2D eigenvalue weighted by Gasteiger charge is -2.16. The molecule has 0 atom stereocenters. The average Bonchev–Trinajstić information content (AvgIpc) is 2.67. The van der Waals surface area contributed by atoms with Gasteiger partial charge in [0.25, 0.3) is 5.17 Å². The van der Waals surface area contributed by atoms with Gasteiger partial charge in [0.2, 0.25) is 0 Å². The van der Waals surface area contributed by atoms with Crippen molar-refractivity contribution in [2.24, 2.45) is 10.7 Å². The molecule has 0 amide bonds. The molecular formula is C21H25F3N4O2S2. The maximum atomic E-state index is 12.1. The lowest BCUT2D eigenvalue weighted by Crippen LogP contribution is -2.21. The molecule has 174 valence electrons. The first-order valence-electron chi connectivity index (χ1n) is 9.62. The molecule has 0 spiro atoms. The minimum Gasteiger partial charge on any atom is -0.430 e. The van der Waals surface area contributed by atoms with E-state index in [1.807, 2.05) is 33.8 Å². The van der Waals surface area contributed by atoms with Crippen molar-refractivity contribution < 1.29 is 22.1 Å². The van der Waals surface area contributed by atoms with Crippen molar-refractivity contribution in [2.45, 2.75) is 52.0 Å². The molecule has 0 saturated heterocycles. The Kier molecular flexibility index (Phi) is 8.60. The van der Waals surface area contributed by atoms with Gasteiger partial charge in [-0.2, -0.15) is 18.2 Å². The van der Waals surface area contributed by atoms with E-state index in [0.29, 0.717) is 17.9 Å². The van der Waals surface area contributed by atoms with Gasteiger partial charge in [0, 0.05) is 11.6 Å². The lowest BCUT2D eigenvalue weighted by molar-refractivity contribution is -0.0396. The summed E-state index contributed by atoms with van der Waals surface area (Å²) in [6, 6.07) is 3.57. The molecule has 0 bridgehead atoms. The van der Waals surface area contributed by atoms with Crippen LogP contribution >= 0.6 is 24.3 Å². The largest absolute Gasteiger partial charge is 0.467 e. The van der Waals surface area contributed by atoms with Crippen LogP contribution in [0.15, 0.2) is 29.5 Å². The molecule has 6 nitrogen and oxygen atoms in total. The third-order valence-electron chi connectivity index (χ3n) is 4.33. The molecule has 0 aliphatic carbocycles. The summed E-state index contributed by atoms with van der Waals surface area (Å²) >= 11 is 4.69. The number of nitrogens with two attached hydrogens (primary N) is 1. The number of hydrogen-bond acceptors (Lipinski definition) is 6. The molecule has 0 aliphatic rings. The number of aliphatic imine (C=N–C) groups is 1. The Morgan fingerprint density at radius 3 is 2.38 bits per heavy atom. The first-order chi connectivity index (χ1) is 14.8. The fourth-order valence-electron chi connectivity index (χ4n) is 2.61. The van der Waals surface area contributed by atoms with Crippen molar-refractivity contribution in [1.29, 1.82) is 0 Å². The fraction of sp³-hybridized carbons (Fsp3) is 0.429. The van der Waals surface area contributed by atoms with Crippen LogP contribution < -0.4 is 10.5 Å². The Bertz CT molecular complexity index is 988. The number of aromatic nitrogens is 2. The molecule has 2 aromatic rings. The quantitative estimate of drug-likeness (QED) is 0.198. The van der Waals surface area contributed by atoms with Crippen molar-refractivity contribution in [3.05, 3.63) is 52.6 Å². The molecule has 2 rings (SSSR count). The summed E-state index contributed by atoms with van der Waals surface area (Å²) in [6.45, 7) is 9.64. The van der Waals surface area contributed by atoms with E-state index in [0.717, 1.165) is 22.4 Å². The molecule has 0 aliphatic heterocycles. The van der Waals surface area contributed by atoms with Crippen molar-refractivity contribution in [3.8, 4) is 5.75 Å². The second-order valence-electron chi connectivity index (χ2n) is 8.05. The van der Waals surface area contributed by atoms with Gasteiger partial charge >= 0.3 is 5.51 Å². The molecular weight excluding hydrogens is 461 g/mol. The van der Waals surface area contributed by atoms with E-state index in [4.69, 9.17) is 22.7 Å². The highest BCUT2D eigenvalue weighted by atomic mass is 32.2. The zero-order chi connectivity index (χ0) is 24.1. The van der Waals surface area contributed by atoms with E-state index in [1.165, 1.54) is 6.20 Å². The van der Waals surface area contributed by atoms with Gasteiger partial charge in [-0.05, 0) is 55.2 Å². The normalized spacial score (nSPS) is 12.7. The average molecular weight is 487 g/mol. The monoisotopic (exact) mass is 486 g/mol. The first kappa shape index (κ1) is 26.0. The molecule has 0 saturated carbocycles. The van der Waals surface area contributed by atoms with Gasteiger partial charge in [0.1, 0.15) is 23.5 Å². The Hall–Kier alpha value is -2.24. The van der Waals surface area contributed by atoms with Gasteiger partial charge < -0.3 is 14.7 Å². The number of ether oxygens (including phenoxy) is 1. The van der Waals surface area contributed by atoms with Crippen molar-refractivity contribution >= 4 is 35.3 Å². The molecule has 0 unspecified atom stereocenters. The van der Waals surface area contributed by atoms with Gasteiger partial charge in [0.05, 0.1) is 18.5 Å². The Morgan fingerprint density at radius 2 is 1.81 bits per heavy atom. The summed E-state index contributed by atoms with van der Waals surface area (Å²) in [5.74, 6) is 0.556. The van der Waals surface area contributed by atoms with Crippen LogP contribution in [-0.4, -0.2) is 33.1 Å². The predicted molar refractivity (Wildman–Crippen MR) is 124 cm³/mol. The summed E-state index contributed by atoms with van der Waals surface area (Å²) in [7, 11) is 0. The minimum absolute atomic E-state index is 0.0705. The zero-order valence-corrected chi connectivity index (χ0v) is 20.0. The van der Waals surface area contributed by atoms with Gasteiger partial charge in [-0.3, -0.25) is 4.98 Å². The number of thiocarbonyl (C=S) groups is 1. The van der Waals surface area contributed by atoms with Crippen molar-refractivity contribution in [2.75, 3.05) is 6.61 Å². The number of amidine groups is 1. The molecule has 2 N–H and O–H groups in total. The maximum Gasteiger partial charge on any atom is 0.467 e. The Balaban J connectivity index is 2.03. The molecule has 1 aromatic heterocycles. The number of nitrogens with zero attached hydrogens (tertiary/aromatic N) is 3. The third kappa shape index (κ3) is 8.03. The molecule has 1 heterocycles. The molecule has 0 fully saturated rings. The highest BCUT2D eigenvalue weighted by Crippen LogP contribution is 2.31. The van der Waals surface area contributed by atoms with Gasteiger partial charge in [0.15, 0.2) is 5.84 Å². The number of halogens is 3. The summed E-state index contributed by atoms with van der Waals surface area (Å²) in [6.07, 6.45) is 3.50. The third-order valence-corrected chi connectivity index (χ3v) is 4.98. The second kappa shape index (κ2) is 10.6. The predicted octanol–water partition coefficient (Wildman–Crippen LogP) is 5.19. The van der Waals surface area contributed by atoms with Gasteiger partial charge in [-0.15, -0.1) is 0 Å². The fourth-order valence-corrected chi connectivity index (χ4v) is 3.10. The first-order valence-corrected chi connectivity index (χ1v) is 10.8. The van der Waals surface area contributed by atoms with Crippen LogP contribution in [0.1, 0.15) is 48.8 Å². The van der Waals surface area contributed by atoms with E-state index < -0.39 is 17.6 Å². The minimum atomic E-state index is -4.42. The number of aryl methyl sites for hydroxylation is 2. The zero-order valence-electron chi connectivity index (χ0n) is 18.4.